The van der Waals surface area contributed by atoms with Crippen LogP contribution in [0.5, 0.6) is 0 Å². The minimum Gasteiger partial charge on any atom is -0.465 e. The number of benzene rings is 1. The summed E-state index contributed by atoms with van der Waals surface area (Å²) >= 11 is 0. The van der Waals surface area contributed by atoms with Crippen molar-refractivity contribution >= 4 is 17.5 Å². The number of halogens is 3. The van der Waals surface area contributed by atoms with Crippen molar-refractivity contribution in [3.05, 3.63) is 24.0 Å². The molecule has 1 fully saturated rings. The Morgan fingerprint density at radius 3 is 2.85 bits per heavy atom. The molecule has 1 unspecified atom stereocenters. The lowest BCUT2D eigenvalue weighted by Crippen LogP contribution is -2.39. The summed E-state index contributed by atoms with van der Waals surface area (Å²) in [7, 11) is 0. The van der Waals surface area contributed by atoms with E-state index in [1.54, 1.807) is 0 Å². The van der Waals surface area contributed by atoms with E-state index in [1.165, 1.54) is 12.1 Å². The van der Waals surface area contributed by atoms with E-state index in [-0.39, 0.29) is 12.2 Å². The van der Waals surface area contributed by atoms with Gasteiger partial charge in [0.15, 0.2) is 0 Å². The first-order chi connectivity index (χ1) is 9.28. The van der Waals surface area contributed by atoms with Crippen molar-refractivity contribution in [1.29, 1.82) is 0 Å². The smallest absolute Gasteiger partial charge is 0.407 e. The molecule has 0 radical (unpaired) electrons. The number of carbonyl (C=O) groups is 1. The summed E-state index contributed by atoms with van der Waals surface area (Å²) in [5.74, 6) is -3.54. The number of amides is 1. The molecule has 1 heterocycles. The summed E-state index contributed by atoms with van der Waals surface area (Å²) in [6, 6.07) is 2.80. The van der Waals surface area contributed by atoms with Crippen LogP contribution in [0.1, 0.15) is 6.42 Å². The van der Waals surface area contributed by atoms with Crippen molar-refractivity contribution in [2.45, 2.75) is 18.4 Å². The first-order valence-electron chi connectivity index (χ1n) is 5.95. The van der Waals surface area contributed by atoms with Gasteiger partial charge in [0.1, 0.15) is 5.82 Å². The molecule has 4 N–H and O–H groups in total. The number of nitrogens with zero attached hydrogens (tertiary/aromatic N) is 1. The maximum absolute atomic E-state index is 13.3. The van der Waals surface area contributed by atoms with Crippen molar-refractivity contribution < 1.29 is 23.1 Å². The normalized spacial score (nSPS) is 20.9. The summed E-state index contributed by atoms with van der Waals surface area (Å²) < 4.78 is 39.4. The molecular weight excluding hydrogens is 275 g/mol. The Bertz CT molecular complexity index is 525. The number of nitrogens with two attached hydrogens (primary N) is 1. The van der Waals surface area contributed by atoms with E-state index in [0.29, 0.717) is 10.6 Å². The third kappa shape index (κ3) is 3.06. The summed E-state index contributed by atoms with van der Waals surface area (Å²) in [4.78, 5) is 11.6. The number of carboxylic acid groups (broad SMARTS) is 1. The molecule has 1 aliphatic heterocycles. The van der Waals surface area contributed by atoms with Crippen LogP contribution in [0.3, 0.4) is 0 Å². The molecule has 0 aromatic heterocycles. The van der Waals surface area contributed by atoms with Gasteiger partial charge in [-0.15, -0.1) is 0 Å². The molecular formula is C12H14F3N3O2. The number of nitrogens with one attached hydrogen (secondary N) is 1. The van der Waals surface area contributed by atoms with E-state index >= 15 is 0 Å². The molecule has 0 saturated carbocycles. The lowest BCUT2D eigenvalue weighted by atomic mass is 10.2. The fraction of sp³-hybridized carbons (Fsp3) is 0.417. The van der Waals surface area contributed by atoms with E-state index < -0.39 is 36.8 Å². The summed E-state index contributed by atoms with van der Waals surface area (Å²) in [5.41, 5.74) is 6.09. The van der Waals surface area contributed by atoms with Gasteiger partial charge in [-0.2, -0.15) is 0 Å². The highest BCUT2D eigenvalue weighted by atomic mass is 19.3. The monoisotopic (exact) mass is 289 g/mol. The van der Waals surface area contributed by atoms with E-state index in [2.05, 4.69) is 5.32 Å². The molecule has 1 atom stereocenters. The molecule has 0 aliphatic carbocycles. The van der Waals surface area contributed by atoms with Crippen LogP contribution in [0, 0.1) is 5.82 Å². The van der Waals surface area contributed by atoms with Gasteiger partial charge in [0.2, 0.25) is 0 Å². The van der Waals surface area contributed by atoms with Crippen molar-refractivity contribution in [2.24, 2.45) is 0 Å². The Balaban J connectivity index is 2.04. The zero-order valence-corrected chi connectivity index (χ0v) is 10.4. The standard InChI is InChI=1S/C12H14F3N3O2/c13-7-1-2-10(9(16)3-7)17-5-8-4-12(14,15)6-18(8)11(19)20/h1-3,8,17H,4-6,16H2,(H,19,20). The summed E-state index contributed by atoms with van der Waals surface area (Å²) in [6.07, 6.45) is -1.94. The maximum Gasteiger partial charge on any atom is 0.407 e. The second-order valence-corrected chi connectivity index (χ2v) is 4.74. The second kappa shape index (κ2) is 5.10. The lowest BCUT2D eigenvalue weighted by Gasteiger charge is -2.21. The SMILES string of the molecule is Nc1cc(F)ccc1NCC1CC(F)(F)CN1C(=O)O. The van der Waals surface area contributed by atoms with Gasteiger partial charge in [-0.05, 0) is 18.2 Å². The predicted octanol–water partition coefficient (Wildman–Crippen LogP) is 2.21. The van der Waals surface area contributed by atoms with Gasteiger partial charge in [0.25, 0.3) is 5.92 Å². The fourth-order valence-corrected chi connectivity index (χ4v) is 2.23. The molecule has 1 saturated heterocycles. The Labute approximate surface area is 113 Å². The van der Waals surface area contributed by atoms with Crippen LogP contribution in [0.2, 0.25) is 0 Å². The topological polar surface area (TPSA) is 78.6 Å². The van der Waals surface area contributed by atoms with E-state index in [4.69, 9.17) is 10.8 Å². The van der Waals surface area contributed by atoms with Crippen molar-refractivity contribution in [3.8, 4) is 0 Å². The van der Waals surface area contributed by atoms with Crippen molar-refractivity contribution in [3.63, 3.8) is 0 Å². The summed E-state index contributed by atoms with van der Waals surface area (Å²) in [5, 5.41) is 11.7. The molecule has 20 heavy (non-hydrogen) atoms. The van der Waals surface area contributed by atoms with Gasteiger partial charge in [0, 0.05) is 13.0 Å². The lowest BCUT2D eigenvalue weighted by molar-refractivity contribution is 0.0127. The molecule has 110 valence electrons. The molecule has 0 spiro atoms. The number of nitrogen functional groups attached to an aromatic ring is 1. The quantitative estimate of drug-likeness (QED) is 0.745. The molecule has 1 aromatic carbocycles. The van der Waals surface area contributed by atoms with Crippen LogP contribution in [-0.4, -0.2) is 41.2 Å². The minimum absolute atomic E-state index is 0.0161. The summed E-state index contributed by atoms with van der Waals surface area (Å²) in [6.45, 7) is -0.828. The van der Waals surface area contributed by atoms with Gasteiger partial charge in [0.05, 0.1) is 24.0 Å². The molecule has 1 amide bonds. The van der Waals surface area contributed by atoms with Crippen LogP contribution in [0.4, 0.5) is 29.3 Å². The zero-order chi connectivity index (χ0) is 14.9. The first kappa shape index (κ1) is 14.3. The molecule has 1 aromatic rings. The number of likely N-dealkylation sites (tertiary alicyclic amines) is 1. The average Bonchev–Trinajstić information content (AvgIpc) is 2.64. The highest BCUT2D eigenvalue weighted by Gasteiger charge is 2.46. The Hall–Kier alpha value is -2.12. The number of rotatable bonds is 3. The van der Waals surface area contributed by atoms with Gasteiger partial charge in [-0.3, -0.25) is 4.90 Å². The Morgan fingerprint density at radius 1 is 1.55 bits per heavy atom. The third-order valence-corrected chi connectivity index (χ3v) is 3.16. The van der Waals surface area contributed by atoms with E-state index in [1.807, 2.05) is 0 Å². The van der Waals surface area contributed by atoms with E-state index in [9.17, 15) is 18.0 Å². The Kier molecular flexibility index (Phi) is 3.65. The van der Waals surface area contributed by atoms with Gasteiger partial charge in [-0.25, -0.2) is 18.0 Å². The highest BCUT2D eigenvalue weighted by molar-refractivity contribution is 5.67. The second-order valence-electron chi connectivity index (χ2n) is 4.74. The van der Waals surface area contributed by atoms with Gasteiger partial charge in [-0.1, -0.05) is 0 Å². The molecule has 5 nitrogen and oxygen atoms in total. The van der Waals surface area contributed by atoms with Crippen LogP contribution >= 0.6 is 0 Å². The van der Waals surface area contributed by atoms with Gasteiger partial charge >= 0.3 is 6.09 Å². The highest BCUT2D eigenvalue weighted by Crippen LogP contribution is 2.32. The largest absolute Gasteiger partial charge is 0.465 e. The molecule has 2 rings (SSSR count). The van der Waals surface area contributed by atoms with Crippen LogP contribution in [0.15, 0.2) is 18.2 Å². The first-order valence-corrected chi connectivity index (χ1v) is 5.95. The fourth-order valence-electron chi connectivity index (χ4n) is 2.23. The maximum atomic E-state index is 13.3. The van der Waals surface area contributed by atoms with Crippen LogP contribution in [0.25, 0.3) is 0 Å². The third-order valence-electron chi connectivity index (χ3n) is 3.16. The molecule has 1 aliphatic rings. The van der Waals surface area contributed by atoms with Crippen molar-refractivity contribution in [1.82, 2.24) is 4.90 Å². The number of alkyl halides is 2. The van der Waals surface area contributed by atoms with Gasteiger partial charge < -0.3 is 16.2 Å². The van der Waals surface area contributed by atoms with Crippen LogP contribution < -0.4 is 11.1 Å². The average molecular weight is 289 g/mol. The number of hydrogen-bond donors (Lipinski definition) is 3. The molecule has 0 bridgehead atoms. The zero-order valence-electron chi connectivity index (χ0n) is 10.4. The van der Waals surface area contributed by atoms with Crippen LogP contribution in [-0.2, 0) is 0 Å². The Morgan fingerprint density at radius 2 is 2.25 bits per heavy atom. The van der Waals surface area contributed by atoms with Crippen molar-refractivity contribution in [2.75, 3.05) is 24.1 Å². The number of anilines is 2. The van der Waals surface area contributed by atoms with E-state index in [0.717, 1.165) is 6.07 Å². The minimum atomic E-state index is -3.03. The number of hydrogen-bond acceptors (Lipinski definition) is 3. The molecule has 8 heteroatoms. The predicted molar refractivity (Wildman–Crippen MR) is 67.4 cm³/mol.